The van der Waals surface area contributed by atoms with Crippen LogP contribution in [-0.2, 0) is 0 Å². The number of rotatable bonds is 1. The lowest BCUT2D eigenvalue weighted by atomic mass is 10.1. The zero-order chi connectivity index (χ0) is 9.97. The molecule has 0 radical (unpaired) electrons. The fourth-order valence-corrected chi connectivity index (χ4v) is 1.29. The molecule has 3 heteroatoms. The zero-order valence-electron chi connectivity index (χ0n) is 7.29. The summed E-state index contributed by atoms with van der Waals surface area (Å²) < 4.78 is 0. The van der Waals surface area contributed by atoms with Gasteiger partial charge in [0.15, 0.2) is 0 Å². The first kappa shape index (κ1) is 8.86. The Kier molecular flexibility index (Phi) is 2.26. The van der Waals surface area contributed by atoms with Gasteiger partial charge in [-0.25, -0.2) is 0 Å². The highest BCUT2D eigenvalue weighted by atomic mass is 35.5. The first-order valence-electron chi connectivity index (χ1n) is 4.07. The van der Waals surface area contributed by atoms with Crippen LogP contribution in [0.4, 0.5) is 0 Å². The van der Waals surface area contributed by atoms with Crippen molar-refractivity contribution in [1.29, 1.82) is 0 Å². The molecule has 0 amide bonds. The van der Waals surface area contributed by atoms with Crippen molar-refractivity contribution >= 4 is 11.6 Å². The number of nitrogens with one attached hydrogen (secondary N) is 1. The number of nitrogens with zero attached hydrogens (tertiary/aromatic N) is 1. The summed E-state index contributed by atoms with van der Waals surface area (Å²) in [5, 5.41) is 7.54. The van der Waals surface area contributed by atoms with Crippen molar-refractivity contribution in [3.63, 3.8) is 0 Å². The van der Waals surface area contributed by atoms with Crippen LogP contribution in [0, 0.1) is 12.3 Å². The van der Waals surface area contributed by atoms with E-state index >= 15 is 0 Å². The van der Waals surface area contributed by atoms with Gasteiger partial charge in [0.05, 0.1) is 5.69 Å². The first-order chi connectivity index (χ1) is 6.79. The van der Waals surface area contributed by atoms with E-state index in [4.69, 9.17) is 18.0 Å². The topological polar surface area (TPSA) is 28.7 Å². The van der Waals surface area contributed by atoms with Gasteiger partial charge in [-0.05, 0) is 18.2 Å². The van der Waals surface area contributed by atoms with E-state index in [0.29, 0.717) is 10.7 Å². The average molecular weight is 203 g/mol. The average Bonchev–Trinajstić information content (AvgIpc) is 2.67. The molecule has 1 N–H and O–H groups in total. The predicted molar refractivity (Wildman–Crippen MR) is 57.0 cm³/mol. The molecule has 0 fully saturated rings. The Bertz CT molecular complexity index is 477. The van der Waals surface area contributed by atoms with E-state index in [-0.39, 0.29) is 0 Å². The summed E-state index contributed by atoms with van der Waals surface area (Å²) in [5.41, 5.74) is 2.50. The summed E-state index contributed by atoms with van der Waals surface area (Å²) in [4.78, 5) is 0. The molecule has 0 bridgehead atoms. The van der Waals surface area contributed by atoms with E-state index in [2.05, 4.69) is 16.1 Å². The van der Waals surface area contributed by atoms with Gasteiger partial charge in [0.1, 0.15) is 5.69 Å². The molecule has 0 aliphatic rings. The lowest BCUT2D eigenvalue weighted by molar-refractivity contribution is 1.08. The van der Waals surface area contributed by atoms with Crippen LogP contribution in [-0.4, -0.2) is 10.2 Å². The van der Waals surface area contributed by atoms with Crippen LogP contribution in [0.5, 0.6) is 0 Å². The summed E-state index contributed by atoms with van der Waals surface area (Å²) in [5.74, 6) is 2.48. The van der Waals surface area contributed by atoms with Crippen LogP contribution < -0.4 is 0 Å². The first-order valence-corrected chi connectivity index (χ1v) is 4.45. The quantitative estimate of drug-likeness (QED) is 0.708. The number of hydrogen-bond acceptors (Lipinski definition) is 1. The third kappa shape index (κ3) is 1.63. The fourth-order valence-electron chi connectivity index (χ4n) is 1.16. The van der Waals surface area contributed by atoms with Gasteiger partial charge in [-0.15, -0.1) is 6.42 Å². The molecule has 68 valence electrons. The molecule has 1 aromatic heterocycles. The molecule has 0 saturated carbocycles. The number of benzene rings is 1. The second-order valence-electron chi connectivity index (χ2n) is 2.82. The number of hydrogen-bond donors (Lipinski definition) is 1. The number of terminal acetylenes is 1. The molecule has 2 rings (SSSR count). The Labute approximate surface area is 86.9 Å². The normalized spacial score (nSPS) is 9.71. The molecule has 0 atom stereocenters. The summed E-state index contributed by atoms with van der Waals surface area (Å²) in [7, 11) is 0. The largest absolute Gasteiger partial charge is 0.269 e. The molecule has 14 heavy (non-hydrogen) atoms. The summed E-state index contributed by atoms with van der Waals surface area (Å²) in [6.07, 6.45) is 5.22. The van der Waals surface area contributed by atoms with Gasteiger partial charge in [-0.1, -0.05) is 29.7 Å². The van der Waals surface area contributed by atoms with E-state index in [9.17, 15) is 0 Å². The SMILES string of the molecule is C#Cc1cc(-c2ccc(Cl)cc2)n[nH]1. The minimum Gasteiger partial charge on any atom is -0.269 e. The van der Waals surface area contributed by atoms with Crippen molar-refractivity contribution in [3.8, 4) is 23.6 Å². The number of aromatic nitrogens is 2. The highest BCUT2D eigenvalue weighted by molar-refractivity contribution is 6.30. The molecule has 0 unspecified atom stereocenters. The molecule has 1 heterocycles. The molecule has 2 nitrogen and oxygen atoms in total. The smallest absolute Gasteiger partial charge is 0.108 e. The Morgan fingerprint density at radius 3 is 2.57 bits per heavy atom. The van der Waals surface area contributed by atoms with Crippen molar-refractivity contribution < 1.29 is 0 Å². The number of H-pyrrole nitrogens is 1. The minimum absolute atomic E-state index is 0.676. The minimum atomic E-state index is 0.676. The van der Waals surface area contributed by atoms with E-state index in [1.807, 2.05) is 30.3 Å². The summed E-state index contributed by atoms with van der Waals surface area (Å²) >= 11 is 5.77. The van der Waals surface area contributed by atoms with Crippen molar-refractivity contribution in [2.75, 3.05) is 0 Å². The Morgan fingerprint density at radius 1 is 1.29 bits per heavy atom. The van der Waals surface area contributed by atoms with Gasteiger partial charge in [0.25, 0.3) is 0 Å². The van der Waals surface area contributed by atoms with Crippen molar-refractivity contribution in [1.82, 2.24) is 10.2 Å². The molecule has 0 spiro atoms. The maximum Gasteiger partial charge on any atom is 0.108 e. The predicted octanol–water partition coefficient (Wildman–Crippen LogP) is 2.71. The highest BCUT2D eigenvalue weighted by Crippen LogP contribution is 2.19. The Hall–Kier alpha value is -1.72. The molecule has 0 saturated heterocycles. The molecule has 1 aromatic carbocycles. The third-order valence-corrected chi connectivity index (χ3v) is 2.13. The summed E-state index contributed by atoms with van der Waals surface area (Å²) in [6, 6.07) is 9.27. The third-order valence-electron chi connectivity index (χ3n) is 1.87. The lowest BCUT2D eigenvalue weighted by Gasteiger charge is -1.94. The van der Waals surface area contributed by atoms with Crippen LogP contribution in [0.15, 0.2) is 30.3 Å². The standard InChI is InChI=1S/C11H7ClN2/c1-2-10-7-11(14-13-10)8-3-5-9(12)6-4-8/h1,3-7H,(H,13,14). The maximum absolute atomic E-state index is 5.77. The Balaban J connectivity index is 2.40. The van der Waals surface area contributed by atoms with E-state index in [0.717, 1.165) is 11.3 Å². The van der Waals surface area contributed by atoms with Gasteiger partial charge in [-0.3, -0.25) is 5.10 Å². The molecule has 0 aliphatic carbocycles. The van der Waals surface area contributed by atoms with Gasteiger partial charge in [0.2, 0.25) is 0 Å². The molecule has 2 aromatic rings. The zero-order valence-corrected chi connectivity index (χ0v) is 8.05. The van der Waals surface area contributed by atoms with Crippen molar-refractivity contribution in [2.45, 2.75) is 0 Å². The van der Waals surface area contributed by atoms with E-state index in [1.165, 1.54) is 0 Å². The lowest BCUT2D eigenvalue weighted by Crippen LogP contribution is -1.76. The Morgan fingerprint density at radius 2 is 2.00 bits per heavy atom. The van der Waals surface area contributed by atoms with E-state index in [1.54, 1.807) is 0 Å². The van der Waals surface area contributed by atoms with Crippen molar-refractivity contribution in [3.05, 3.63) is 41.0 Å². The van der Waals surface area contributed by atoms with Crippen LogP contribution in [0.25, 0.3) is 11.3 Å². The number of halogens is 1. The fraction of sp³-hybridized carbons (Fsp3) is 0. The van der Waals surface area contributed by atoms with Crippen LogP contribution >= 0.6 is 11.6 Å². The van der Waals surface area contributed by atoms with Gasteiger partial charge in [0, 0.05) is 10.6 Å². The van der Waals surface area contributed by atoms with Crippen LogP contribution in [0.2, 0.25) is 5.02 Å². The molecular formula is C11H7ClN2. The second kappa shape index (κ2) is 3.57. The molecule has 0 aliphatic heterocycles. The summed E-state index contributed by atoms with van der Waals surface area (Å²) in [6.45, 7) is 0. The molecular weight excluding hydrogens is 196 g/mol. The van der Waals surface area contributed by atoms with E-state index < -0.39 is 0 Å². The maximum atomic E-state index is 5.77. The van der Waals surface area contributed by atoms with Crippen LogP contribution in [0.1, 0.15) is 5.69 Å². The van der Waals surface area contributed by atoms with Gasteiger partial charge < -0.3 is 0 Å². The van der Waals surface area contributed by atoms with Crippen molar-refractivity contribution in [2.24, 2.45) is 0 Å². The van der Waals surface area contributed by atoms with Gasteiger partial charge in [-0.2, -0.15) is 5.10 Å². The monoisotopic (exact) mass is 202 g/mol. The highest BCUT2D eigenvalue weighted by Gasteiger charge is 2.01. The number of aromatic amines is 1. The van der Waals surface area contributed by atoms with Crippen LogP contribution in [0.3, 0.4) is 0 Å². The second-order valence-corrected chi connectivity index (χ2v) is 3.25. The van der Waals surface area contributed by atoms with Gasteiger partial charge >= 0.3 is 0 Å².